The molecule has 0 saturated carbocycles. The van der Waals surface area contributed by atoms with Gasteiger partial charge in [0, 0.05) is 63.6 Å². The second-order valence-electron chi connectivity index (χ2n) is 7.16. The van der Waals surface area contributed by atoms with Crippen molar-refractivity contribution < 1.29 is 8.81 Å². The zero-order chi connectivity index (χ0) is 21.5. The second kappa shape index (κ2) is 11.7. The Balaban J connectivity index is 0.00000289. The summed E-state index contributed by atoms with van der Waals surface area (Å²) in [6, 6.07) is 7.94. The van der Waals surface area contributed by atoms with Crippen LogP contribution in [0.4, 0.5) is 10.3 Å². The number of anilines is 1. The summed E-state index contributed by atoms with van der Waals surface area (Å²) in [4.78, 5) is 22.4. The van der Waals surface area contributed by atoms with Gasteiger partial charge in [-0.3, -0.25) is 4.99 Å². The van der Waals surface area contributed by atoms with Crippen molar-refractivity contribution in [3.63, 3.8) is 0 Å². The van der Waals surface area contributed by atoms with E-state index in [0.29, 0.717) is 18.9 Å². The van der Waals surface area contributed by atoms with Gasteiger partial charge in [0.1, 0.15) is 12.1 Å². The molecule has 1 aromatic carbocycles. The SMILES string of the molecule is CCNC(=NCCc1coc(-c2ccc(F)cc2)n1)N1CCN(c2ncccn2)CC1.I. The Bertz CT molecular complexity index is 989. The number of aliphatic imine (C=N–C) groups is 1. The molecule has 0 amide bonds. The van der Waals surface area contributed by atoms with Crippen LogP contribution in [0.2, 0.25) is 0 Å². The summed E-state index contributed by atoms with van der Waals surface area (Å²) in [6.45, 7) is 6.86. The topological polar surface area (TPSA) is 82.7 Å². The summed E-state index contributed by atoms with van der Waals surface area (Å²) in [6.07, 6.45) is 5.84. The van der Waals surface area contributed by atoms with Gasteiger partial charge in [0.25, 0.3) is 0 Å². The second-order valence-corrected chi connectivity index (χ2v) is 7.16. The molecule has 2 aromatic heterocycles. The molecule has 1 fully saturated rings. The Kier molecular flexibility index (Phi) is 8.77. The molecule has 170 valence electrons. The number of oxazole rings is 1. The van der Waals surface area contributed by atoms with E-state index in [9.17, 15) is 4.39 Å². The smallest absolute Gasteiger partial charge is 0.226 e. The summed E-state index contributed by atoms with van der Waals surface area (Å²) in [5.74, 6) is 1.88. The molecule has 0 aliphatic carbocycles. The monoisotopic (exact) mass is 551 g/mol. The Hall–Kier alpha value is -2.76. The third-order valence-corrected chi connectivity index (χ3v) is 5.02. The highest BCUT2D eigenvalue weighted by Gasteiger charge is 2.21. The van der Waals surface area contributed by atoms with Crippen molar-refractivity contribution in [2.75, 3.05) is 44.2 Å². The Labute approximate surface area is 204 Å². The minimum Gasteiger partial charge on any atom is -0.444 e. The number of halogens is 2. The first-order valence-corrected chi connectivity index (χ1v) is 10.5. The lowest BCUT2D eigenvalue weighted by atomic mass is 10.2. The van der Waals surface area contributed by atoms with Gasteiger partial charge < -0.3 is 19.5 Å². The lowest BCUT2D eigenvalue weighted by molar-refractivity contribution is 0.370. The number of piperazine rings is 1. The van der Waals surface area contributed by atoms with Crippen molar-refractivity contribution in [2.24, 2.45) is 4.99 Å². The van der Waals surface area contributed by atoms with Crippen LogP contribution in [-0.4, -0.2) is 65.1 Å². The van der Waals surface area contributed by atoms with Crippen LogP contribution in [0.5, 0.6) is 0 Å². The van der Waals surface area contributed by atoms with E-state index < -0.39 is 0 Å². The average molecular weight is 551 g/mol. The number of aromatic nitrogens is 3. The third-order valence-electron chi connectivity index (χ3n) is 5.02. The molecule has 0 bridgehead atoms. The number of hydrogen-bond donors (Lipinski definition) is 1. The Morgan fingerprint density at radius 3 is 2.53 bits per heavy atom. The molecule has 1 aliphatic rings. The lowest BCUT2D eigenvalue weighted by Gasteiger charge is -2.36. The first-order valence-electron chi connectivity index (χ1n) is 10.5. The van der Waals surface area contributed by atoms with E-state index in [0.717, 1.165) is 55.9 Å². The fraction of sp³-hybridized carbons (Fsp3) is 0.364. The lowest BCUT2D eigenvalue weighted by Crippen LogP contribution is -2.53. The maximum Gasteiger partial charge on any atom is 0.226 e. The first-order chi connectivity index (χ1) is 15.2. The molecule has 8 nitrogen and oxygen atoms in total. The van der Waals surface area contributed by atoms with Crippen molar-refractivity contribution in [2.45, 2.75) is 13.3 Å². The molecule has 0 atom stereocenters. The fourth-order valence-electron chi connectivity index (χ4n) is 3.42. The Morgan fingerprint density at radius 1 is 1.12 bits per heavy atom. The van der Waals surface area contributed by atoms with Gasteiger partial charge in [0.05, 0.1) is 5.69 Å². The van der Waals surface area contributed by atoms with Crippen LogP contribution in [0.15, 0.2) is 58.4 Å². The number of hydrogen-bond acceptors (Lipinski definition) is 6. The molecule has 0 unspecified atom stereocenters. The number of nitrogens with one attached hydrogen (secondary N) is 1. The van der Waals surface area contributed by atoms with Crippen LogP contribution in [0.25, 0.3) is 11.5 Å². The van der Waals surface area contributed by atoms with Gasteiger partial charge >= 0.3 is 0 Å². The maximum atomic E-state index is 13.1. The van der Waals surface area contributed by atoms with Gasteiger partial charge in [-0.2, -0.15) is 0 Å². The molecule has 0 spiro atoms. The predicted octanol–water partition coefficient (Wildman–Crippen LogP) is 3.22. The molecular formula is C22H27FIN7O. The summed E-state index contributed by atoms with van der Waals surface area (Å²) < 4.78 is 18.6. The van der Waals surface area contributed by atoms with Gasteiger partial charge in [-0.05, 0) is 37.3 Å². The van der Waals surface area contributed by atoms with Gasteiger partial charge in [0.15, 0.2) is 5.96 Å². The summed E-state index contributed by atoms with van der Waals surface area (Å²) >= 11 is 0. The van der Waals surface area contributed by atoms with Crippen molar-refractivity contribution >= 4 is 35.9 Å². The molecule has 10 heteroatoms. The minimum atomic E-state index is -0.280. The molecule has 1 aliphatic heterocycles. The standard InChI is InChI=1S/C22H26FN7O.HI/c1-2-24-21(29-12-14-30(15-13-29)22-25-9-3-10-26-22)27-11-8-19-16-31-20(28-19)17-4-6-18(23)7-5-17;/h3-7,9-10,16H,2,8,11-15H2,1H3,(H,24,27);1H. The predicted molar refractivity (Wildman–Crippen MR) is 133 cm³/mol. The highest BCUT2D eigenvalue weighted by atomic mass is 127. The van der Waals surface area contributed by atoms with Crippen LogP contribution in [0, 0.1) is 5.82 Å². The van der Waals surface area contributed by atoms with Crippen LogP contribution >= 0.6 is 24.0 Å². The van der Waals surface area contributed by atoms with Crippen LogP contribution in [0.3, 0.4) is 0 Å². The molecule has 32 heavy (non-hydrogen) atoms. The van der Waals surface area contributed by atoms with E-state index in [-0.39, 0.29) is 29.8 Å². The van der Waals surface area contributed by atoms with Crippen LogP contribution in [0.1, 0.15) is 12.6 Å². The van der Waals surface area contributed by atoms with Crippen LogP contribution < -0.4 is 10.2 Å². The number of guanidine groups is 1. The zero-order valence-electron chi connectivity index (χ0n) is 17.9. The summed E-state index contributed by atoms with van der Waals surface area (Å²) in [7, 11) is 0. The van der Waals surface area contributed by atoms with Gasteiger partial charge in [-0.15, -0.1) is 24.0 Å². The molecule has 0 radical (unpaired) electrons. The van der Waals surface area contributed by atoms with E-state index in [1.165, 1.54) is 12.1 Å². The highest BCUT2D eigenvalue weighted by molar-refractivity contribution is 14.0. The van der Waals surface area contributed by atoms with Crippen molar-refractivity contribution in [3.8, 4) is 11.5 Å². The van der Waals surface area contributed by atoms with Gasteiger partial charge in [-0.25, -0.2) is 19.3 Å². The van der Waals surface area contributed by atoms with Crippen molar-refractivity contribution in [1.82, 2.24) is 25.2 Å². The zero-order valence-corrected chi connectivity index (χ0v) is 20.3. The largest absolute Gasteiger partial charge is 0.444 e. The van der Waals surface area contributed by atoms with E-state index in [1.54, 1.807) is 30.8 Å². The molecular weight excluding hydrogens is 524 g/mol. The number of benzene rings is 1. The van der Waals surface area contributed by atoms with Gasteiger partial charge in [0.2, 0.25) is 11.8 Å². The molecule has 4 rings (SSSR count). The van der Waals surface area contributed by atoms with Crippen molar-refractivity contribution in [1.29, 1.82) is 0 Å². The van der Waals surface area contributed by atoms with E-state index in [2.05, 4.69) is 37.0 Å². The maximum absolute atomic E-state index is 13.1. The first kappa shape index (κ1) is 23.9. The van der Waals surface area contributed by atoms with E-state index in [1.807, 2.05) is 6.07 Å². The summed E-state index contributed by atoms with van der Waals surface area (Å²) in [5.41, 5.74) is 1.58. The molecule has 3 heterocycles. The van der Waals surface area contributed by atoms with Crippen LogP contribution in [-0.2, 0) is 6.42 Å². The minimum absolute atomic E-state index is 0. The highest BCUT2D eigenvalue weighted by Crippen LogP contribution is 2.19. The Morgan fingerprint density at radius 2 is 1.84 bits per heavy atom. The molecule has 1 saturated heterocycles. The third kappa shape index (κ3) is 6.15. The van der Waals surface area contributed by atoms with E-state index in [4.69, 9.17) is 9.41 Å². The number of nitrogens with zero attached hydrogens (tertiary/aromatic N) is 6. The molecule has 3 aromatic rings. The average Bonchev–Trinajstić information content (AvgIpc) is 3.29. The number of rotatable bonds is 6. The molecule has 1 N–H and O–H groups in total. The quantitative estimate of drug-likeness (QED) is 0.286. The van der Waals surface area contributed by atoms with E-state index >= 15 is 0 Å². The van der Waals surface area contributed by atoms with Gasteiger partial charge in [-0.1, -0.05) is 0 Å². The summed E-state index contributed by atoms with van der Waals surface area (Å²) in [5, 5.41) is 3.38. The fourth-order valence-corrected chi connectivity index (χ4v) is 3.42. The van der Waals surface area contributed by atoms with Crippen molar-refractivity contribution in [3.05, 3.63) is 60.5 Å². The normalized spacial score (nSPS) is 14.2.